The third-order valence-corrected chi connectivity index (χ3v) is 6.85. The van der Waals surface area contributed by atoms with Crippen LogP contribution in [0.15, 0.2) is 30.3 Å². The molecule has 2 N–H and O–H groups in total. The summed E-state index contributed by atoms with van der Waals surface area (Å²) in [5.41, 5.74) is 5.96. The molecule has 1 aliphatic carbocycles. The molecule has 0 aliphatic heterocycles. The third kappa shape index (κ3) is 4.80. The molecule has 1 aromatic carbocycles. The number of rotatable bonds is 5. The van der Waals surface area contributed by atoms with Crippen LogP contribution in [0.2, 0.25) is 0 Å². The molecule has 162 valence electrons. The van der Waals surface area contributed by atoms with Crippen LogP contribution in [-0.4, -0.2) is 28.0 Å². The lowest BCUT2D eigenvalue weighted by atomic mass is 9.95. The van der Waals surface area contributed by atoms with Gasteiger partial charge in [0.25, 0.3) is 0 Å². The van der Waals surface area contributed by atoms with Gasteiger partial charge in [0.2, 0.25) is 0 Å². The van der Waals surface area contributed by atoms with Gasteiger partial charge in [-0.2, -0.15) is 5.10 Å². The molecule has 0 spiro atoms. The monoisotopic (exact) mass is 454 g/mol. The van der Waals surface area contributed by atoms with Crippen LogP contribution in [0.25, 0.3) is 0 Å². The maximum Gasteiger partial charge on any atom is 0.341 e. The van der Waals surface area contributed by atoms with Gasteiger partial charge in [-0.15, -0.1) is 11.3 Å². The molecule has 8 heteroatoms. The Kier molecular flexibility index (Phi) is 6.38. The van der Waals surface area contributed by atoms with E-state index in [9.17, 15) is 4.79 Å². The summed E-state index contributed by atoms with van der Waals surface area (Å²) in [4.78, 5) is 13.6. The Morgan fingerprint density at radius 1 is 1.19 bits per heavy atom. The van der Waals surface area contributed by atoms with E-state index < -0.39 is 0 Å². The molecule has 0 unspecified atom stereocenters. The van der Waals surface area contributed by atoms with Gasteiger partial charge >= 0.3 is 5.97 Å². The zero-order chi connectivity index (χ0) is 22.0. The fourth-order valence-electron chi connectivity index (χ4n) is 3.94. The number of methoxy groups -OCH3 is 1. The van der Waals surface area contributed by atoms with Crippen LogP contribution >= 0.6 is 23.6 Å². The van der Waals surface area contributed by atoms with Gasteiger partial charge in [0.05, 0.1) is 24.9 Å². The van der Waals surface area contributed by atoms with Crippen LogP contribution < -0.4 is 10.6 Å². The molecule has 0 radical (unpaired) electrons. The summed E-state index contributed by atoms with van der Waals surface area (Å²) >= 11 is 7.12. The normalized spacial score (nSPS) is 12.9. The van der Waals surface area contributed by atoms with Crippen LogP contribution in [-0.2, 0) is 24.1 Å². The van der Waals surface area contributed by atoms with Crippen molar-refractivity contribution in [3.05, 3.63) is 63.3 Å². The summed E-state index contributed by atoms with van der Waals surface area (Å²) in [6, 6.07) is 10.2. The van der Waals surface area contributed by atoms with E-state index in [4.69, 9.17) is 17.0 Å². The minimum atomic E-state index is -0.307. The first-order valence-electron chi connectivity index (χ1n) is 10.4. The smallest absolute Gasteiger partial charge is 0.341 e. The highest BCUT2D eigenvalue weighted by molar-refractivity contribution is 7.80. The number of carbonyl (C=O) groups excluding carboxylic acids is 1. The summed E-state index contributed by atoms with van der Waals surface area (Å²) in [6.07, 6.45) is 4.16. The van der Waals surface area contributed by atoms with E-state index in [0.717, 1.165) is 65.4 Å². The highest BCUT2D eigenvalue weighted by atomic mass is 32.1. The Hall–Kier alpha value is -2.71. The maximum absolute atomic E-state index is 12.4. The van der Waals surface area contributed by atoms with Gasteiger partial charge in [-0.3, -0.25) is 4.68 Å². The molecule has 1 aliphatic rings. The standard InChI is InChI=1S/C23H26N4O2S2/c1-14-12-15(2)27(26-14)13-16-8-10-17(11-9-16)24-23(30)25-21-20(22(28)29-3)18-6-4-5-7-19(18)31-21/h8-12H,4-7,13H2,1-3H3,(H2,24,25,30). The molecule has 0 fully saturated rings. The molecule has 31 heavy (non-hydrogen) atoms. The number of nitrogens with zero attached hydrogens (tertiary/aromatic N) is 2. The number of thiophene rings is 1. The number of aryl methyl sites for hydroxylation is 3. The van der Waals surface area contributed by atoms with Gasteiger partial charge in [0.15, 0.2) is 5.11 Å². The molecule has 4 rings (SSSR count). The van der Waals surface area contributed by atoms with E-state index in [-0.39, 0.29) is 5.97 Å². The molecule has 6 nitrogen and oxygen atoms in total. The number of carbonyl (C=O) groups is 1. The summed E-state index contributed by atoms with van der Waals surface area (Å²) in [5.74, 6) is -0.307. The minimum Gasteiger partial charge on any atom is -0.465 e. The Morgan fingerprint density at radius 2 is 1.94 bits per heavy atom. The van der Waals surface area contributed by atoms with E-state index in [1.807, 2.05) is 23.7 Å². The lowest BCUT2D eigenvalue weighted by Crippen LogP contribution is -2.20. The van der Waals surface area contributed by atoms with Crippen molar-refractivity contribution in [2.75, 3.05) is 17.7 Å². The topological polar surface area (TPSA) is 68.2 Å². The van der Waals surface area contributed by atoms with Crippen LogP contribution in [0.5, 0.6) is 0 Å². The number of ether oxygens (including phenoxy) is 1. The molecule has 3 aromatic rings. The number of anilines is 2. The van der Waals surface area contributed by atoms with Crippen molar-refractivity contribution in [3.63, 3.8) is 0 Å². The summed E-state index contributed by atoms with van der Waals surface area (Å²) in [5, 5.41) is 12.2. The van der Waals surface area contributed by atoms with Gasteiger partial charge in [-0.25, -0.2) is 4.79 Å². The van der Waals surface area contributed by atoms with Gasteiger partial charge in [-0.1, -0.05) is 12.1 Å². The van der Waals surface area contributed by atoms with Crippen LogP contribution in [0.4, 0.5) is 10.7 Å². The van der Waals surface area contributed by atoms with E-state index in [2.05, 4.69) is 40.9 Å². The molecule has 0 saturated carbocycles. The lowest BCUT2D eigenvalue weighted by Gasteiger charge is -2.13. The molecular weight excluding hydrogens is 428 g/mol. The van der Waals surface area contributed by atoms with Crippen LogP contribution in [0.3, 0.4) is 0 Å². The molecule has 0 amide bonds. The van der Waals surface area contributed by atoms with Crippen molar-refractivity contribution in [1.29, 1.82) is 0 Å². The molecule has 0 atom stereocenters. The second-order valence-corrected chi connectivity index (χ2v) is 9.28. The third-order valence-electron chi connectivity index (χ3n) is 5.44. The van der Waals surface area contributed by atoms with Gasteiger partial charge in [0.1, 0.15) is 5.00 Å². The highest BCUT2D eigenvalue weighted by Crippen LogP contribution is 2.38. The van der Waals surface area contributed by atoms with Crippen molar-refractivity contribution >= 4 is 45.3 Å². The number of fused-ring (bicyclic) bond motifs is 1. The summed E-state index contributed by atoms with van der Waals surface area (Å²) < 4.78 is 7.03. The SMILES string of the molecule is COC(=O)c1c(NC(=S)Nc2ccc(Cn3nc(C)cc3C)cc2)sc2c1CCCC2. The Labute approximate surface area is 191 Å². The van der Waals surface area contributed by atoms with Crippen molar-refractivity contribution < 1.29 is 9.53 Å². The predicted molar refractivity (Wildman–Crippen MR) is 129 cm³/mol. The van der Waals surface area contributed by atoms with Crippen molar-refractivity contribution in [3.8, 4) is 0 Å². The average Bonchev–Trinajstić information content (AvgIpc) is 3.27. The van der Waals surface area contributed by atoms with Gasteiger partial charge in [0, 0.05) is 16.3 Å². The van der Waals surface area contributed by atoms with Crippen molar-refractivity contribution in [1.82, 2.24) is 9.78 Å². The minimum absolute atomic E-state index is 0.307. The first-order valence-corrected chi connectivity index (χ1v) is 11.6. The Balaban J connectivity index is 1.44. The van der Waals surface area contributed by atoms with E-state index in [0.29, 0.717) is 10.7 Å². The Bertz CT molecular complexity index is 1120. The number of hydrogen-bond donors (Lipinski definition) is 2. The Morgan fingerprint density at radius 3 is 2.61 bits per heavy atom. The van der Waals surface area contributed by atoms with E-state index in [1.165, 1.54) is 12.0 Å². The van der Waals surface area contributed by atoms with Gasteiger partial charge in [-0.05, 0) is 81.1 Å². The van der Waals surface area contributed by atoms with Crippen molar-refractivity contribution in [2.24, 2.45) is 0 Å². The average molecular weight is 455 g/mol. The van der Waals surface area contributed by atoms with Gasteiger partial charge < -0.3 is 15.4 Å². The highest BCUT2D eigenvalue weighted by Gasteiger charge is 2.26. The van der Waals surface area contributed by atoms with Crippen molar-refractivity contribution in [2.45, 2.75) is 46.1 Å². The number of benzene rings is 1. The predicted octanol–water partition coefficient (Wildman–Crippen LogP) is 5.08. The second kappa shape index (κ2) is 9.20. The van der Waals surface area contributed by atoms with Crippen LogP contribution in [0, 0.1) is 13.8 Å². The second-order valence-electron chi connectivity index (χ2n) is 7.77. The fourth-order valence-corrected chi connectivity index (χ4v) is 5.51. The van der Waals surface area contributed by atoms with E-state index in [1.54, 1.807) is 11.3 Å². The molecule has 0 bridgehead atoms. The summed E-state index contributed by atoms with van der Waals surface area (Å²) in [6.45, 7) is 4.79. The molecule has 2 heterocycles. The number of thiocarbonyl (C=S) groups is 1. The van der Waals surface area contributed by atoms with Crippen LogP contribution in [0.1, 0.15) is 50.6 Å². The number of nitrogens with one attached hydrogen (secondary N) is 2. The number of aromatic nitrogens is 2. The maximum atomic E-state index is 12.4. The molecular formula is C23H26N4O2S2. The fraction of sp³-hybridized carbons (Fsp3) is 0.348. The lowest BCUT2D eigenvalue weighted by molar-refractivity contribution is 0.0601. The molecule has 0 saturated heterocycles. The quantitative estimate of drug-likeness (QED) is 0.414. The molecule has 2 aromatic heterocycles. The van der Waals surface area contributed by atoms with E-state index >= 15 is 0 Å². The summed E-state index contributed by atoms with van der Waals surface area (Å²) in [7, 11) is 1.42. The number of esters is 1. The first kappa shape index (κ1) is 21.5. The largest absolute Gasteiger partial charge is 0.465 e. The zero-order valence-electron chi connectivity index (χ0n) is 17.9. The number of hydrogen-bond acceptors (Lipinski definition) is 5. The zero-order valence-corrected chi connectivity index (χ0v) is 19.6. The first-order chi connectivity index (χ1) is 14.9.